The van der Waals surface area contributed by atoms with Crippen molar-refractivity contribution >= 4 is 0 Å². The highest BCUT2D eigenvalue weighted by Crippen LogP contribution is 2.44. The fraction of sp³-hybridized carbons (Fsp3) is 1.00. The highest BCUT2D eigenvalue weighted by atomic mass is 19.3. The second-order valence-corrected chi connectivity index (χ2v) is 4.35. The van der Waals surface area contributed by atoms with Gasteiger partial charge in [0.2, 0.25) is 0 Å². The predicted octanol–water partition coefficient (Wildman–Crippen LogP) is 2.97. The van der Waals surface area contributed by atoms with Crippen LogP contribution >= 0.6 is 0 Å². The van der Waals surface area contributed by atoms with E-state index in [2.05, 4.69) is 0 Å². The molecule has 2 atom stereocenters. The van der Waals surface area contributed by atoms with E-state index in [1.54, 1.807) is 6.92 Å². The molecular formula is C10H18F2O. The Kier molecular flexibility index (Phi) is 2.95. The van der Waals surface area contributed by atoms with Crippen LogP contribution in [0.4, 0.5) is 8.78 Å². The Morgan fingerprint density at radius 2 is 2.08 bits per heavy atom. The summed E-state index contributed by atoms with van der Waals surface area (Å²) in [6.45, 7) is 3.47. The van der Waals surface area contributed by atoms with Crippen molar-refractivity contribution in [3.05, 3.63) is 0 Å². The molecule has 0 aromatic heterocycles. The highest BCUT2D eigenvalue weighted by molar-refractivity contribution is 4.93. The smallest absolute Gasteiger partial charge is 0.253 e. The quantitative estimate of drug-likeness (QED) is 0.713. The topological polar surface area (TPSA) is 20.2 Å². The summed E-state index contributed by atoms with van der Waals surface area (Å²) in [6, 6.07) is 0. The first-order chi connectivity index (χ1) is 5.90. The fourth-order valence-electron chi connectivity index (χ4n) is 2.08. The number of hydrogen-bond acceptors (Lipinski definition) is 1. The Hall–Kier alpha value is -0.180. The van der Waals surface area contributed by atoms with E-state index in [0.29, 0.717) is 19.3 Å². The van der Waals surface area contributed by atoms with E-state index in [9.17, 15) is 13.9 Å². The van der Waals surface area contributed by atoms with Crippen LogP contribution in [0, 0.1) is 5.92 Å². The van der Waals surface area contributed by atoms with Crippen LogP contribution in [0.25, 0.3) is 0 Å². The van der Waals surface area contributed by atoms with Gasteiger partial charge in [-0.25, -0.2) is 8.78 Å². The maximum absolute atomic E-state index is 13.3. The Bertz CT molecular complexity index is 182. The van der Waals surface area contributed by atoms with E-state index in [0.717, 1.165) is 6.42 Å². The second-order valence-electron chi connectivity index (χ2n) is 4.35. The lowest BCUT2D eigenvalue weighted by Crippen LogP contribution is -2.45. The van der Waals surface area contributed by atoms with E-state index in [1.165, 1.54) is 0 Å². The standard InChI is InChI=1S/C10H18F2O/c1-3-5-9(13)6-4-8(2)10(11,12)7-9/h8,13H,3-7H2,1-2H3. The van der Waals surface area contributed by atoms with Crippen molar-refractivity contribution in [3.63, 3.8) is 0 Å². The van der Waals surface area contributed by atoms with Crippen LogP contribution in [0.2, 0.25) is 0 Å². The van der Waals surface area contributed by atoms with Crippen LogP contribution in [0.3, 0.4) is 0 Å². The minimum Gasteiger partial charge on any atom is -0.390 e. The molecule has 1 rings (SSSR count). The van der Waals surface area contributed by atoms with Crippen LogP contribution in [-0.2, 0) is 0 Å². The van der Waals surface area contributed by atoms with Gasteiger partial charge < -0.3 is 5.11 Å². The summed E-state index contributed by atoms with van der Waals surface area (Å²) in [5, 5.41) is 9.84. The van der Waals surface area contributed by atoms with Gasteiger partial charge >= 0.3 is 0 Å². The third-order valence-corrected chi connectivity index (χ3v) is 3.04. The first-order valence-corrected chi connectivity index (χ1v) is 5.00. The Morgan fingerprint density at radius 3 is 2.54 bits per heavy atom. The lowest BCUT2D eigenvalue weighted by Gasteiger charge is -2.40. The van der Waals surface area contributed by atoms with Crippen LogP contribution in [0.1, 0.15) is 46.0 Å². The molecular weight excluding hydrogens is 174 g/mol. The SMILES string of the molecule is CCCC1(O)CCC(C)C(F)(F)C1. The molecule has 0 aliphatic heterocycles. The first-order valence-electron chi connectivity index (χ1n) is 5.00. The van der Waals surface area contributed by atoms with Gasteiger partial charge in [0.15, 0.2) is 0 Å². The first kappa shape index (κ1) is 10.9. The van der Waals surface area contributed by atoms with Crippen molar-refractivity contribution in [2.75, 3.05) is 0 Å². The fourth-order valence-corrected chi connectivity index (χ4v) is 2.08. The molecule has 13 heavy (non-hydrogen) atoms. The average molecular weight is 192 g/mol. The normalized spacial score (nSPS) is 39.0. The molecule has 2 unspecified atom stereocenters. The van der Waals surface area contributed by atoms with Gasteiger partial charge in [0.1, 0.15) is 0 Å². The van der Waals surface area contributed by atoms with Gasteiger partial charge in [0, 0.05) is 12.3 Å². The summed E-state index contributed by atoms with van der Waals surface area (Å²) in [4.78, 5) is 0. The van der Waals surface area contributed by atoms with E-state index >= 15 is 0 Å². The predicted molar refractivity (Wildman–Crippen MR) is 47.8 cm³/mol. The molecule has 0 saturated heterocycles. The molecule has 0 amide bonds. The van der Waals surface area contributed by atoms with Crippen molar-refractivity contribution in [1.82, 2.24) is 0 Å². The number of aliphatic hydroxyl groups is 1. The molecule has 3 heteroatoms. The minimum atomic E-state index is -2.68. The Balaban J connectivity index is 2.64. The molecule has 0 bridgehead atoms. The summed E-state index contributed by atoms with van der Waals surface area (Å²) >= 11 is 0. The molecule has 0 radical (unpaired) electrons. The van der Waals surface area contributed by atoms with Crippen molar-refractivity contribution in [2.24, 2.45) is 5.92 Å². The number of halogens is 2. The third kappa shape index (κ3) is 2.39. The van der Waals surface area contributed by atoms with Gasteiger partial charge in [-0.05, 0) is 19.3 Å². The third-order valence-electron chi connectivity index (χ3n) is 3.04. The summed E-state index contributed by atoms with van der Waals surface area (Å²) in [5.41, 5.74) is -1.11. The van der Waals surface area contributed by atoms with Crippen LogP contribution in [0.5, 0.6) is 0 Å². The Labute approximate surface area is 78.1 Å². The van der Waals surface area contributed by atoms with Crippen molar-refractivity contribution in [3.8, 4) is 0 Å². The lowest BCUT2D eigenvalue weighted by molar-refractivity contribution is -0.156. The highest BCUT2D eigenvalue weighted by Gasteiger charge is 2.48. The van der Waals surface area contributed by atoms with Crippen molar-refractivity contribution in [1.29, 1.82) is 0 Å². The summed E-state index contributed by atoms with van der Waals surface area (Å²) < 4.78 is 26.5. The monoisotopic (exact) mass is 192 g/mol. The molecule has 1 N–H and O–H groups in total. The molecule has 1 fully saturated rings. The zero-order valence-corrected chi connectivity index (χ0v) is 8.32. The average Bonchev–Trinajstić information content (AvgIpc) is 1.97. The van der Waals surface area contributed by atoms with Crippen LogP contribution in [-0.4, -0.2) is 16.6 Å². The largest absolute Gasteiger partial charge is 0.390 e. The van der Waals surface area contributed by atoms with Crippen LogP contribution < -0.4 is 0 Å². The van der Waals surface area contributed by atoms with Gasteiger partial charge in [-0.3, -0.25) is 0 Å². The Morgan fingerprint density at radius 1 is 1.46 bits per heavy atom. The van der Waals surface area contributed by atoms with E-state index in [4.69, 9.17) is 0 Å². The van der Waals surface area contributed by atoms with Gasteiger partial charge in [-0.2, -0.15) is 0 Å². The number of rotatable bonds is 2. The summed E-state index contributed by atoms with van der Waals surface area (Å²) in [7, 11) is 0. The van der Waals surface area contributed by atoms with E-state index < -0.39 is 17.4 Å². The van der Waals surface area contributed by atoms with Crippen molar-refractivity contribution < 1.29 is 13.9 Å². The molecule has 78 valence electrons. The number of alkyl halides is 2. The number of hydrogen-bond donors (Lipinski definition) is 1. The molecule has 1 aliphatic carbocycles. The maximum atomic E-state index is 13.3. The minimum absolute atomic E-state index is 0.352. The molecule has 0 heterocycles. The lowest BCUT2D eigenvalue weighted by atomic mass is 9.75. The molecule has 0 spiro atoms. The second kappa shape index (κ2) is 3.52. The van der Waals surface area contributed by atoms with Crippen molar-refractivity contribution in [2.45, 2.75) is 57.5 Å². The zero-order chi connectivity index (χ0) is 10.1. The molecule has 0 aromatic carbocycles. The van der Waals surface area contributed by atoms with E-state index in [-0.39, 0.29) is 6.42 Å². The van der Waals surface area contributed by atoms with E-state index in [1.807, 2.05) is 6.92 Å². The van der Waals surface area contributed by atoms with Gasteiger partial charge in [0.05, 0.1) is 5.60 Å². The maximum Gasteiger partial charge on any atom is 0.253 e. The van der Waals surface area contributed by atoms with Crippen LogP contribution in [0.15, 0.2) is 0 Å². The zero-order valence-electron chi connectivity index (χ0n) is 8.32. The molecule has 1 nitrogen and oxygen atoms in total. The van der Waals surface area contributed by atoms with Gasteiger partial charge in [0.25, 0.3) is 5.92 Å². The van der Waals surface area contributed by atoms with Gasteiger partial charge in [-0.15, -0.1) is 0 Å². The summed E-state index contributed by atoms with van der Waals surface area (Å²) in [5.74, 6) is -3.26. The molecule has 1 aliphatic rings. The summed E-state index contributed by atoms with van der Waals surface area (Å²) in [6.07, 6.45) is 1.87. The molecule has 1 saturated carbocycles. The van der Waals surface area contributed by atoms with Gasteiger partial charge in [-0.1, -0.05) is 20.3 Å². The molecule has 0 aromatic rings.